The predicted octanol–water partition coefficient (Wildman–Crippen LogP) is 6.08. The van der Waals surface area contributed by atoms with Gasteiger partial charge in [0, 0.05) is 33.3 Å². The van der Waals surface area contributed by atoms with Crippen molar-refractivity contribution in [3.8, 4) is 5.75 Å². The lowest BCUT2D eigenvalue weighted by Gasteiger charge is -2.19. The van der Waals surface area contributed by atoms with Crippen LogP contribution in [0, 0.1) is 0 Å². The standard InChI is InChI=1S/C17H12Cl2F3N3OS2/c18-9-7-12-14(5-6-28-15(12)13(19)8-9)24-25-16(27)23-10-1-3-11(4-2-10)26-17(20,21)22/h1-4,7-8H,5-6H2,(H2,23,25,27)/b24-14+. The summed E-state index contributed by atoms with van der Waals surface area (Å²) in [5, 5.41) is 8.44. The van der Waals surface area contributed by atoms with E-state index in [4.69, 9.17) is 35.4 Å². The zero-order valence-electron chi connectivity index (χ0n) is 13.9. The van der Waals surface area contributed by atoms with Gasteiger partial charge in [-0.15, -0.1) is 24.9 Å². The van der Waals surface area contributed by atoms with Gasteiger partial charge in [-0.05, 0) is 48.6 Å². The molecule has 1 heterocycles. The van der Waals surface area contributed by atoms with E-state index >= 15 is 0 Å². The van der Waals surface area contributed by atoms with Gasteiger partial charge >= 0.3 is 6.36 Å². The van der Waals surface area contributed by atoms with E-state index in [0.717, 1.165) is 21.9 Å². The molecule has 0 unspecified atom stereocenters. The van der Waals surface area contributed by atoms with Crippen LogP contribution in [-0.2, 0) is 0 Å². The number of ether oxygens (including phenoxy) is 1. The molecule has 0 bridgehead atoms. The van der Waals surface area contributed by atoms with Crippen LogP contribution in [-0.4, -0.2) is 22.9 Å². The molecule has 1 aliphatic heterocycles. The average molecular weight is 466 g/mol. The summed E-state index contributed by atoms with van der Waals surface area (Å²) in [6.07, 6.45) is -4.03. The maximum atomic E-state index is 12.2. The molecule has 2 aromatic rings. The molecular weight excluding hydrogens is 454 g/mol. The Kier molecular flexibility index (Phi) is 6.59. The molecule has 1 aliphatic rings. The molecule has 0 amide bonds. The van der Waals surface area contributed by atoms with Gasteiger partial charge in [0.05, 0.1) is 10.7 Å². The second kappa shape index (κ2) is 8.77. The maximum absolute atomic E-state index is 12.2. The molecule has 148 valence electrons. The van der Waals surface area contributed by atoms with Crippen molar-refractivity contribution in [2.75, 3.05) is 11.1 Å². The molecule has 3 rings (SSSR count). The van der Waals surface area contributed by atoms with Crippen LogP contribution in [0.5, 0.6) is 5.75 Å². The highest BCUT2D eigenvalue weighted by Crippen LogP contribution is 2.38. The van der Waals surface area contributed by atoms with E-state index in [-0.39, 0.29) is 10.9 Å². The molecule has 0 aromatic heterocycles. The van der Waals surface area contributed by atoms with Gasteiger partial charge in [0.15, 0.2) is 5.11 Å². The van der Waals surface area contributed by atoms with Crippen LogP contribution in [0.2, 0.25) is 10.0 Å². The van der Waals surface area contributed by atoms with E-state index in [9.17, 15) is 13.2 Å². The third-order valence-corrected chi connectivity index (χ3v) is 5.50. The fraction of sp³-hybridized carbons (Fsp3) is 0.176. The third kappa shape index (κ3) is 5.66. The Morgan fingerprint density at radius 3 is 2.57 bits per heavy atom. The molecule has 2 N–H and O–H groups in total. The largest absolute Gasteiger partial charge is 0.573 e. The van der Waals surface area contributed by atoms with Gasteiger partial charge < -0.3 is 10.1 Å². The first-order chi connectivity index (χ1) is 13.2. The van der Waals surface area contributed by atoms with Gasteiger partial charge in [-0.25, -0.2) is 0 Å². The van der Waals surface area contributed by atoms with Crippen molar-refractivity contribution in [1.82, 2.24) is 5.43 Å². The van der Waals surface area contributed by atoms with Crippen molar-refractivity contribution in [2.24, 2.45) is 5.10 Å². The summed E-state index contributed by atoms with van der Waals surface area (Å²) in [5.74, 6) is 0.498. The summed E-state index contributed by atoms with van der Waals surface area (Å²) in [6.45, 7) is 0. The number of hydrogen-bond acceptors (Lipinski definition) is 4. The number of hydrazone groups is 1. The lowest BCUT2D eigenvalue weighted by Crippen LogP contribution is -2.26. The van der Waals surface area contributed by atoms with E-state index in [2.05, 4.69) is 20.6 Å². The molecule has 0 saturated heterocycles. The topological polar surface area (TPSA) is 45.6 Å². The maximum Gasteiger partial charge on any atom is 0.573 e. The Morgan fingerprint density at radius 1 is 1.18 bits per heavy atom. The molecule has 0 radical (unpaired) electrons. The summed E-state index contributed by atoms with van der Waals surface area (Å²) >= 11 is 19.1. The number of alkyl halides is 3. The second-order valence-electron chi connectivity index (χ2n) is 5.56. The lowest BCUT2D eigenvalue weighted by atomic mass is 10.1. The van der Waals surface area contributed by atoms with Crippen LogP contribution in [0.3, 0.4) is 0 Å². The van der Waals surface area contributed by atoms with Crippen molar-refractivity contribution in [3.63, 3.8) is 0 Å². The normalized spacial score (nSPS) is 15.1. The number of anilines is 1. The Labute approximate surface area is 178 Å². The minimum Gasteiger partial charge on any atom is -0.406 e. The molecule has 4 nitrogen and oxygen atoms in total. The zero-order chi connectivity index (χ0) is 20.3. The van der Waals surface area contributed by atoms with Gasteiger partial charge in [-0.1, -0.05) is 23.2 Å². The summed E-state index contributed by atoms with van der Waals surface area (Å²) in [4.78, 5) is 0.914. The van der Waals surface area contributed by atoms with Crippen molar-refractivity contribution < 1.29 is 17.9 Å². The number of rotatable bonds is 3. The van der Waals surface area contributed by atoms with Crippen molar-refractivity contribution in [1.29, 1.82) is 0 Å². The first-order valence-electron chi connectivity index (χ1n) is 7.83. The molecule has 2 aromatic carbocycles. The molecule has 0 saturated carbocycles. The van der Waals surface area contributed by atoms with E-state index < -0.39 is 6.36 Å². The predicted molar refractivity (Wildman–Crippen MR) is 111 cm³/mol. The van der Waals surface area contributed by atoms with Crippen molar-refractivity contribution in [2.45, 2.75) is 17.7 Å². The van der Waals surface area contributed by atoms with E-state index in [1.54, 1.807) is 23.9 Å². The summed E-state index contributed by atoms with van der Waals surface area (Å²) in [6, 6.07) is 8.67. The van der Waals surface area contributed by atoms with Gasteiger partial charge in [0.2, 0.25) is 0 Å². The van der Waals surface area contributed by atoms with E-state index in [1.165, 1.54) is 24.3 Å². The van der Waals surface area contributed by atoms with E-state index in [1.807, 2.05) is 0 Å². The third-order valence-electron chi connectivity index (χ3n) is 3.54. The van der Waals surface area contributed by atoms with E-state index in [0.29, 0.717) is 22.2 Å². The fourth-order valence-corrected chi connectivity index (χ4v) is 4.29. The summed E-state index contributed by atoms with van der Waals surface area (Å²) in [7, 11) is 0. The first-order valence-corrected chi connectivity index (χ1v) is 9.98. The smallest absolute Gasteiger partial charge is 0.406 e. The highest BCUT2D eigenvalue weighted by molar-refractivity contribution is 7.99. The van der Waals surface area contributed by atoms with Crippen LogP contribution >= 0.6 is 47.2 Å². The number of thiocarbonyl (C=S) groups is 1. The van der Waals surface area contributed by atoms with Crippen molar-refractivity contribution >= 4 is 63.7 Å². The Bertz CT molecular complexity index is 921. The molecule has 0 atom stereocenters. The molecule has 28 heavy (non-hydrogen) atoms. The van der Waals surface area contributed by atoms with Gasteiger partial charge in [0.1, 0.15) is 5.75 Å². The van der Waals surface area contributed by atoms with Crippen LogP contribution in [0.4, 0.5) is 18.9 Å². The Balaban J connectivity index is 1.65. The summed E-state index contributed by atoms with van der Waals surface area (Å²) < 4.78 is 40.4. The number of nitrogens with one attached hydrogen (secondary N) is 2. The Hall–Kier alpha value is -1.68. The number of hydrogen-bond donors (Lipinski definition) is 2. The number of halogens is 5. The highest BCUT2D eigenvalue weighted by Gasteiger charge is 2.31. The molecular formula is C17H12Cl2F3N3OS2. The number of thioether (sulfide) groups is 1. The highest BCUT2D eigenvalue weighted by atomic mass is 35.5. The lowest BCUT2D eigenvalue weighted by molar-refractivity contribution is -0.274. The fourth-order valence-electron chi connectivity index (χ4n) is 2.44. The summed E-state index contributed by atoms with van der Waals surface area (Å²) in [5.41, 5.74) is 4.82. The van der Waals surface area contributed by atoms with Gasteiger partial charge in [-0.3, -0.25) is 5.43 Å². The Morgan fingerprint density at radius 2 is 1.89 bits per heavy atom. The van der Waals surface area contributed by atoms with Crippen LogP contribution in [0.1, 0.15) is 12.0 Å². The zero-order valence-corrected chi connectivity index (χ0v) is 17.1. The molecule has 0 fully saturated rings. The molecule has 11 heteroatoms. The second-order valence-corrected chi connectivity index (χ2v) is 7.92. The number of nitrogens with zero attached hydrogens (tertiary/aromatic N) is 1. The number of benzene rings is 2. The SMILES string of the molecule is FC(F)(F)Oc1ccc(NC(=S)N/N=C2\CCSc3c(Cl)cc(Cl)cc32)cc1. The monoisotopic (exact) mass is 465 g/mol. The average Bonchev–Trinajstić information content (AvgIpc) is 2.60. The van der Waals surface area contributed by atoms with Crippen LogP contribution < -0.4 is 15.5 Å². The quantitative estimate of drug-likeness (QED) is 0.424. The minimum absolute atomic E-state index is 0.185. The first kappa shape index (κ1) is 21.0. The molecule has 0 spiro atoms. The minimum atomic E-state index is -4.73. The molecule has 0 aliphatic carbocycles. The van der Waals surface area contributed by atoms with Gasteiger partial charge in [-0.2, -0.15) is 5.10 Å². The van der Waals surface area contributed by atoms with Crippen molar-refractivity contribution in [3.05, 3.63) is 52.0 Å². The van der Waals surface area contributed by atoms with Crippen LogP contribution in [0.15, 0.2) is 46.4 Å². The van der Waals surface area contributed by atoms with Crippen LogP contribution in [0.25, 0.3) is 0 Å². The number of fused-ring (bicyclic) bond motifs is 1. The van der Waals surface area contributed by atoms with Gasteiger partial charge in [0.25, 0.3) is 0 Å².